The van der Waals surface area contributed by atoms with E-state index >= 15 is 0 Å². The monoisotopic (exact) mass is 394 g/mol. The number of anilines is 1. The van der Waals surface area contributed by atoms with Crippen LogP contribution in [0.15, 0.2) is 60.7 Å². The molecule has 1 unspecified atom stereocenters. The number of ether oxygens (including phenoxy) is 2. The molecule has 0 radical (unpaired) electrons. The average molecular weight is 394 g/mol. The number of hydrogen-bond donors (Lipinski definition) is 1. The molecule has 0 saturated carbocycles. The molecule has 1 aromatic heterocycles. The lowest BCUT2D eigenvalue weighted by Crippen LogP contribution is -2.16. The number of methoxy groups -OCH3 is 1. The molecule has 0 aliphatic heterocycles. The highest BCUT2D eigenvalue weighted by Gasteiger charge is 2.13. The zero-order valence-electron chi connectivity index (χ0n) is 16.6. The fraction of sp³-hybridized carbons (Fsp3) is 0.217. The Morgan fingerprint density at radius 1 is 1.10 bits per heavy atom. The molecule has 3 aromatic rings. The zero-order valence-corrected chi connectivity index (χ0v) is 16.6. The average Bonchev–Trinajstić information content (AvgIpc) is 2.68. The molecular formula is C23H23FN2O3. The Kier molecular flexibility index (Phi) is 6.57. The normalized spacial score (nSPS) is 11.7. The van der Waals surface area contributed by atoms with Gasteiger partial charge in [-0.15, -0.1) is 0 Å². The quantitative estimate of drug-likeness (QED) is 0.602. The van der Waals surface area contributed by atoms with Gasteiger partial charge in [-0.2, -0.15) is 0 Å². The summed E-state index contributed by atoms with van der Waals surface area (Å²) in [7, 11) is 1.66. The first kappa shape index (κ1) is 20.5. The van der Waals surface area contributed by atoms with Crippen LogP contribution >= 0.6 is 0 Å². The summed E-state index contributed by atoms with van der Waals surface area (Å²) in [6.07, 6.45) is 0.737. The van der Waals surface area contributed by atoms with Gasteiger partial charge in [0.1, 0.15) is 17.3 Å². The molecule has 0 aliphatic rings. The van der Waals surface area contributed by atoms with Crippen molar-refractivity contribution in [2.24, 2.45) is 0 Å². The lowest BCUT2D eigenvalue weighted by atomic mass is 10.1. The van der Waals surface area contributed by atoms with Crippen LogP contribution in [0.2, 0.25) is 0 Å². The Hall–Kier alpha value is -3.25. The molecule has 6 heteroatoms. The van der Waals surface area contributed by atoms with Gasteiger partial charge in [-0.05, 0) is 50.2 Å². The maximum atomic E-state index is 13.3. The molecular weight excluding hydrogens is 371 g/mol. The fourth-order valence-electron chi connectivity index (χ4n) is 2.85. The number of nitrogens with one attached hydrogen (secondary N) is 1. The van der Waals surface area contributed by atoms with Gasteiger partial charge in [-0.3, -0.25) is 9.78 Å². The molecule has 0 bridgehead atoms. The maximum Gasteiger partial charge on any atom is 0.257 e. The van der Waals surface area contributed by atoms with Crippen LogP contribution in [0.5, 0.6) is 11.5 Å². The molecule has 2 aromatic carbocycles. The summed E-state index contributed by atoms with van der Waals surface area (Å²) < 4.78 is 24.2. The van der Waals surface area contributed by atoms with Crippen LogP contribution in [-0.2, 0) is 11.2 Å². The number of halogens is 1. The molecule has 29 heavy (non-hydrogen) atoms. The van der Waals surface area contributed by atoms with E-state index in [2.05, 4.69) is 10.3 Å². The van der Waals surface area contributed by atoms with Gasteiger partial charge < -0.3 is 14.8 Å². The first-order chi connectivity index (χ1) is 13.9. The Labute approximate surface area is 169 Å². The molecule has 3 rings (SSSR count). The third-order valence-electron chi connectivity index (χ3n) is 4.41. The fourth-order valence-corrected chi connectivity index (χ4v) is 2.85. The second-order valence-corrected chi connectivity index (χ2v) is 6.73. The highest BCUT2D eigenvalue weighted by atomic mass is 19.1. The van der Waals surface area contributed by atoms with Crippen LogP contribution in [0.4, 0.5) is 10.1 Å². The standard InChI is InChI=1S/C23H23FN2O3/c1-15(28-3)12-19-10-11-22(16(2)25-19)23(27)26-18-7-5-9-21(14-18)29-20-8-4-6-17(24)13-20/h4-11,13-15H,12H2,1-3H3,(H,26,27). The molecule has 1 heterocycles. The summed E-state index contributed by atoms with van der Waals surface area (Å²) in [6.45, 7) is 3.77. The molecule has 1 amide bonds. The third kappa shape index (κ3) is 5.62. The van der Waals surface area contributed by atoms with Crippen LogP contribution in [0.25, 0.3) is 0 Å². The van der Waals surface area contributed by atoms with Crippen molar-refractivity contribution in [2.75, 3.05) is 12.4 Å². The number of carbonyl (C=O) groups is 1. The van der Waals surface area contributed by atoms with Crippen LogP contribution in [0, 0.1) is 12.7 Å². The van der Waals surface area contributed by atoms with E-state index in [0.29, 0.717) is 34.9 Å². The summed E-state index contributed by atoms with van der Waals surface area (Å²) in [5.41, 5.74) is 2.59. The molecule has 150 valence electrons. The summed E-state index contributed by atoms with van der Waals surface area (Å²) in [6, 6.07) is 16.4. The molecule has 1 N–H and O–H groups in total. The Balaban J connectivity index is 1.70. The molecule has 0 aliphatic carbocycles. The van der Waals surface area contributed by atoms with Gasteiger partial charge in [0.05, 0.1) is 17.4 Å². The molecule has 0 saturated heterocycles. The Morgan fingerprint density at radius 3 is 2.52 bits per heavy atom. The van der Waals surface area contributed by atoms with E-state index in [1.165, 1.54) is 12.1 Å². The highest BCUT2D eigenvalue weighted by Crippen LogP contribution is 2.25. The minimum Gasteiger partial charge on any atom is -0.457 e. The van der Waals surface area contributed by atoms with E-state index in [1.54, 1.807) is 56.5 Å². The van der Waals surface area contributed by atoms with Crippen molar-refractivity contribution in [3.63, 3.8) is 0 Å². The number of rotatable bonds is 7. The minimum absolute atomic E-state index is 0.0578. The van der Waals surface area contributed by atoms with Crippen molar-refractivity contribution >= 4 is 11.6 Å². The summed E-state index contributed by atoms with van der Waals surface area (Å²) in [5, 5.41) is 2.85. The summed E-state index contributed by atoms with van der Waals surface area (Å²) in [4.78, 5) is 17.2. The lowest BCUT2D eigenvalue weighted by Gasteiger charge is -2.12. The first-order valence-electron chi connectivity index (χ1n) is 9.29. The van der Waals surface area contributed by atoms with Crippen LogP contribution < -0.4 is 10.1 Å². The van der Waals surface area contributed by atoms with E-state index in [9.17, 15) is 9.18 Å². The van der Waals surface area contributed by atoms with Crippen LogP contribution in [0.3, 0.4) is 0 Å². The van der Waals surface area contributed by atoms with Gasteiger partial charge in [0.25, 0.3) is 5.91 Å². The number of hydrogen-bond acceptors (Lipinski definition) is 4. The van der Waals surface area contributed by atoms with E-state index in [-0.39, 0.29) is 17.8 Å². The van der Waals surface area contributed by atoms with E-state index in [4.69, 9.17) is 9.47 Å². The first-order valence-corrected chi connectivity index (χ1v) is 9.29. The van der Waals surface area contributed by atoms with Gasteiger partial charge in [-0.25, -0.2) is 4.39 Å². The number of amides is 1. The van der Waals surface area contributed by atoms with Gasteiger partial charge in [0, 0.05) is 37.0 Å². The predicted molar refractivity (Wildman–Crippen MR) is 110 cm³/mol. The van der Waals surface area contributed by atoms with Crippen molar-refractivity contribution in [3.05, 3.63) is 83.4 Å². The molecule has 0 spiro atoms. The maximum absolute atomic E-state index is 13.3. The Bertz CT molecular complexity index is 1010. The van der Waals surface area contributed by atoms with Crippen molar-refractivity contribution in [1.29, 1.82) is 0 Å². The van der Waals surface area contributed by atoms with Gasteiger partial charge in [0.2, 0.25) is 0 Å². The number of carbonyl (C=O) groups excluding carboxylic acids is 1. The number of pyridine rings is 1. The second kappa shape index (κ2) is 9.30. The number of nitrogens with zero attached hydrogens (tertiary/aromatic N) is 1. The number of aromatic nitrogens is 1. The van der Waals surface area contributed by atoms with E-state index in [1.807, 2.05) is 13.0 Å². The molecule has 1 atom stereocenters. The second-order valence-electron chi connectivity index (χ2n) is 6.73. The predicted octanol–water partition coefficient (Wildman–Crippen LogP) is 5.15. The van der Waals surface area contributed by atoms with Crippen molar-refractivity contribution in [3.8, 4) is 11.5 Å². The topological polar surface area (TPSA) is 60.5 Å². The van der Waals surface area contributed by atoms with Gasteiger partial charge >= 0.3 is 0 Å². The SMILES string of the molecule is COC(C)Cc1ccc(C(=O)Nc2cccc(Oc3cccc(F)c3)c2)c(C)n1. The lowest BCUT2D eigenvalue weighted by molar-refractivity contribution is 0.102. The third-order valence-corrected chi connectivity index (χ3v) is 4.41. The van der Waals surface area contributed by atoms with Crippen molar-refractivity contribution in [2.45, 2.75) is 26.4 Å². The van der Waals surface area contributed by atoms with E-state index in [0.717, 1.165) is 5.69 Å². The smallest absolute Gasteiger partial charge is 0.257 e. The summed E-state index contributed by atoms with van der Waals surface area (Å²) in [5.74, 6) is 0.240. The van der Waals surface area contributed by atoms with Crippen LogP contribution in [0.1, 0.15) is 28.7 Å². The zero-order chi connectivity index (χ0) is 20.8. The highest BCUT2D eigenvalue weighted by molar-refractivity contribution is 6.05. The van der Waals surface area contributed by atoms with Gasteiger partial charge in [-0.1, -0.05) is 12.1 Å². The number of benzene rings is 2. The minimum atomic E-state index is -0.377. The largest absolute Gasteiger partial charge is 0.457 e. The number of aryl methyl sites for hydroxylation is 1. The summed E-state index contributed by atoms with van der Waals surface area (Å²) >= 11 is 0. The van der Waals surface area contributed by atoms with Gasteiger partial charge in [0.15, 0.2) is 0 Å². The Morgan fingerprint density at radius 2 is 1.83 bits per heavy atom. The van der Waals surface area contributed by atoms with Crippen molar-refractivity contribution < 1.29 is 18.7 Å². The van der Waals surface area contributed by atoms with Crippen molar-refractivity contribution in [1.82, 2.24) is 4.98 Å². The van der Waals surface area contributed by atoms with E-state index < -0.39 is 0 Å². The molecule has 0 fully saturated rings. The van der Waals surface area contributed by atoms with Crippen LogP contribution in [-0.4, -0.2) is 24.1 Å². The molecule has 5 nitrogen and oxygen atoms in total.